The molecule has 0 radical (unpaired) electrons. The number of aliphatic hydroxyl groups excluding tert-OH is 1. The molecule has 5 rings (SSSR count). The van der Waals surface area contributed by atoms with Crippen molar-refractivity contribution in [3.8, 4) is 16.9 Å². The van der Waals surface area contributed by atoms with E-state index in [0.717, 1.165) is 49.8 Å². The quantitative estimate of drug-likeness (QED) is 0.125. The Morgan fingerprint density at radius 2 is 1.61 bits per heavy atom. The lowest BCUT2D eigenvalue weighted by Gasteiger charge is -2.36. The predicted octanol–water partition coefficient (Wildman–Crippen LogP) is 7.06. The minimum atomic E-state index is -0.903. The number of methoxy groups -OCH3 is 1. The number of nitrogens with one attached hydrogen (secondary N) is 1. The molecule has 0 aromatic heterocycles. The summed E-state index contributed by atoms with van der Waals surface area (Å²) < 4.78 is 18.6. The number of thioether (sulfide) groups is 1. The van der Waals surface area contributed by atoms with Gasteiger partial charge in [0, 0.05) is 42.0 Å². The van der Waals surface area contributed by atoms with Gasteiger partial charge in [-0.1, -0.05) is 84.9 Å². The Morgan fingerprint density at radius 1 is 0.891 bits per heavy atom. The first-order valence-corrected chi connectivity index (χ1v) is 16.3. The third-order valence-corrected chi connectivity index (χ3v) is 9.08. The second-order valence-electron chi connectivity index (χ2n) is 11.1. The van der Waals surface area contributed by atoms with E-state index >= 15 is 0 Å². The van der Waals surface area contributed by atoms with Crippen LogP contribution in [0.3, 0.4) is 0 Å². The number of ether oxygens (including phenoxy) is 3. The molecular weight excluding hydrogens is 602 g/mol. The van der Waals surface area contributed by atoms with Gasteiger partial charge in [0.15, 0.2) is 6.29 Å². The fourth-order valence-electron chi connectivity index (χ4n) is 5.40. The van der Waals surface area contributed by atoms with E-state index in [4.69, 9.17) is 19.3 Å². The zero-order chi connectivity index (χ0) is 32.3. The fraction of sp³-hybridized carbons (Fsp3) is 0.297. The van der Waals surface area contributed by atoms with Gasteiger partial charge in [0.2, 0.25) is 5.91 Å². The number of carboxylic acids is 1. The van der Waals surface area contributed by atoms with E-state index in [1.807, 2.05) is 97.1 Å². The molecule has 1 aliphatic heterocycles. The maximum absolute atomic E-state index is 12.3. The van der Waals surface area contributed by atoms with Gasteiger partial charge in [0.25, 0.3) is 0 Å². The summed E-state index contributed by atoms with van der Waals surface area (Å²) in [4.78, 5) is 24.1. The summed E-state index contributed by atoms with van der Waals surface area (Å²) in [6.07, 6.45) is 0.298. The van der Waals surface area contributed by atoms with E-state index in [1.165, 1.54) is 0 Å². The van der Waals surface area contributed by atoms with E-state index in [2.05, 4.69) is 5.32 Å². The van der Waals surface area contributed by atoms with E-state index in [1.54, 1.807) is 18.9 Å². The molecule has 3 N–H and O–H groups in total. The molecule has 0 spiro atoms. The summed E-state index contributed by atoms with van der Waals surface area (Å²) >= 11 is 1.70. The van der Waals surface area contributed by atoms with Crippen LogP contribution < -0.4 is 10.1 Å². The number of carboxylic acid groups (broad SMARTS) is 1. The van der Waals surface area contributed by atoms with E-state index < -0.39 is 12.3 Å². The standard InChI is InChI=1S/C37H39NO7S/c1-43-32-9-4-5-10-34(32)46-24-30-21-33(27-15-13-25(23-39)14-16-27)45-37(44-30)28-19-17-26(18-20-28)31-8-3-2-7-29(31)22-38-35(40)11-6-12-36(41)42/h2-5,7-10,13-20,30,33,37,39H,6,11-12,21-24H2,1H3,(H,38,40)(H,41,42)/t30-,33+,37+/m0/s1. The second kappa shape index (κ2) is 16.4. The summed E-state index contributed by atoms with van der Waals surface area (Å²) in [7, 11) is 1.68. The number of carbonyl (C=O) groups excluding carboxylic acids is 1. The third kappa shape index (κ3) is 8.98. The van der Waals surface area contributed by atoms with Crippen LogP contribution in [0.5, 0.6) is 5.75 Å². The van der Waals surface area contributed by atoms with Crippen molar-refractivity contribution in [2.45, 2.75) is 62.2 Å². The predicted molar refractivity (Wildman–Crippen MR) is 177 cm³/mol. The summed E-state index contributed by atoms with van der Waals surface area (Å²) in [5.41, 5.74) is 5.74. The van der Waals surface area contributed by atoms with Crippen molar-refractivity contribution in [1.29, 1.82) is 0 Å². The molecule has 1 amide bonds. The van der Waals surface area contributed by atoms with Crippen molar-refractivity contribution in [2.75, 3.05) is 12.9 Å². The van der Waals surface area contributed by atoms with Crippen LogP contribution in [0.15, 0.2) is 102 Å². The molecule has 1 aliphatic rings. The first-order chi connectivity index (χ1) is 22.4. The number of carbonyl (C=O) groups is 2. The average Bonchev–Trinajstić information content (AvgIpc) is 3.10. The van der Waals surface area contributed by atoms with Crippen LogP contribution in [-0.4, -0.2) is 41.1 Å². The zero-order valence-electron chi connectivity index (χ0n) is 25.8. The third-order valence-electron chi connectivity index (χ3n) is 7.89. The molecule has 0 unspecified atom stereocenters. The number of hydrogen-bond donors (Lipinski definition) is 3. The minimum Gasteiger partial charge on any atom is -0.496 e. The van der Waals surface area contributed by atoms with Crippen molar-refractivity contribution in [1.82, 2.24) is 5.32 Å². The van der Waals surface area contributed by atoms with Gasteiger partial charge in [-0.3, -0.25) is 9.59 Å². The minimum absolute atomic E-state index is 0.00957. The highest BCUT2D eigenvalue weighted by atomic mass is 32.2. The van der Waals surface area contributed by atoms with Gasteiger partial charge in [-0.25, -0.2) is 0 Å². The van der Waals surface area contributed by atoms with Crippen LogP contribution in [0.25, 0.3) is 11.1 Å². The van der Waals surface area contributed by atoms with Crippen molar-refractivity contribution < 1.29 is 34.0 Å². The van der Waals surface area contributed by atoms with Crippen LogP contribution >= 0.6 is 11.8 Å². The Hall–Kier alpha value is -4.15. The molecule has 8 nitrogen and oxygen atoms in total. The smallest absolute Gasteiger partial charge is 0.303 e. The fourth-order valence-corrected chi connectivity index (χ4v) is 6.45. The first-order valence-electron chi connectivity index (χ1n) is 15.4. The molecule has 0 bridgehead atoms. The van der Waals surface area contributed by atoms with E-state index in [9.17, 15) is 14.7 Å². The molecule has 3 atom stereocenters. The lowest BCUT2D eigenvalue weighted by atomic mass is 9.97. The SMILES string of the molecule is COc1ccccc1SC[C@@H]1C[C@H](c2ccc(CO)cc2)O[C@H](c2ccc(-c3ccccc3CNC(=O)CCCC(=O)O)cc2)O1. The molecule has 1 fully saturated rings. The largest absolute Gasteiger partial charge is 0.496 e. The Kier molecular flexibility index (Phi) is 11.9. The van der Waals surface area contributed by atoms with Crippen LogP contribution in [0.4, 0.5) is 0 Å². The van der Waals surface area contributed by atoms with Gasteiger partial charge in [-0.05, 0) is 46.4 Å². The van der Waals surface area contributed by atoms with Crippen molar-refractivity contribution in [2.24, 2.45) is 0 Å². The van der Waals surface area contributed by atoms with Gasteiger partial charge in [0.1, 0.15) is 5.75 Å². The monoisotopic (exact) mass is 641 g/mol. The Morgan fingerprint density at radius 3 is 2.35 bits per heavy atom. The number of aliphatic hydroxyl groups is 1. The maximum Gasteiger partial charge on any atom is 0.303 e. The first kappa shape index (κ1) is 33.2. The van der Waals surface area contributed by atoms with Crippen LogP contribution in [0, 0.1) is 0 Å². The van der Waals surface area contributed by atoms with Gasteiger partial charge in [-0.2, -0.15) is 0 Å². The molecule has 240 valence electrons. The molecule has 1 heterocycles. The highest BCUT2D eigenvalue weighted by molar-refractivity contribution is 7.99. The van der Waals surface area contributed by atoms with Gasteiger partial charge >= 0.3 is 5.97 Å². The number of amides is 1. The van der Waals surface area contributed by atoms with Crippen molar-refractivity contribution >= 4 is 23.6 Å². The van der Waals surface area contributed by atoms with Crippen molar-refractivity contribution in [3.63, 3.8) is 0 Å². The molecule has 0 saturated carbocycles. The van der Waals surface area contributed by atoms with Crippen LogP contribution in [0.1, 0.15) is 60.3 Å². The van der Waals surface area contributed by atoms with Crippen LogP contribution in [0.2, 0.25) is 0 Å². The second-order valence-corrected chi connectivity index (χ2v) is 12.2. The van der Waals surface area contributed by atoms with E-state index in [0.29, 0.717) is 19.4 Å². The molecule has 1 saturated heterocycles. The summed E-state index contributed by atoms with van der Waals surface area (Å²) in [6, 6.07) is 31.8. The Labute approximate surface area is 273 Å². The molecule has 46 heavy (non-hydrogen) atoms. The van der Waals surface area contributed by atoms with Gasteiger partial charge in [-0.15, -0.1) is 11.8 Å². The number of para-hydroxylation sites is 1. The van der Waals surface area contributed by atoms with Gasteiger partial charge in [0.05, 0.1) is 25.9 Å². The summed E-state index contributed by atoms with van der Waals surface area (Å²) in [5.74, 6) is 0.483. The topological polar surface area (TPSA) is 114 Å². The maximum atomic E-state index is 12.3. The van der Waals surface area contributed by atoms with Crippen molar-refractivity contribution in [3.05, 3.63) is 119 Å². The zero-order valence-corrected chi connectivity index (χ0v) is 26.6. The summed E-state index contributed by atoms with van der Waals surface area (Å²) in [6.45, 7) is 0.339. The molecular formula is C37H39NO7S. The van der Waals surface area contributed by atoms with Gasteiger partial charge < -0.3 is 29.7 Å². The molecule has 4 aromatic carbocycles. The number of hydrogen-bond acceptors (Lipinski definition) is 7. The highest BCUT2D eigenvalue weighted by Crippen LogP contribution is 2.41. The summed E-state index contributed by atoms with van der Waals surface area (Å²) in [5, 5.41) is 21.2. The Balaban J connectivity index is 1.30. The Bertz CT molecular complexity index is 1590. The highest BCUT2D eigenvalue weighted by Gasteiger charge is 2.32. The normalized spacial score (nSPS) is 17.7. The average molecular weight is 642 g/mol. The molecule has 9 heteroatoms. The lowest BCUT2D eigenvalue weighted by Crippen LogP contribution is -2.31. The van der Waals surface area contributed by atoms with Crippen LogP contribution in [-0.2, 0) is 32.2 Å². The number of benzene rings is 4. The number of rotatable bonds is 14. The lowest BCUT2D eigenvalue weighted by molar-refractivity contribution is -0.245. The van der Waals surface area contributed by atoms with E-state index in [-0.39, 0.29) is 37.6 Å². The number of aliphatic carboxylic acids is 1. The molecule has 0 aliphatic carbocycles. The molecule has 4 aromatic rings.